The van der Waals surface area contributed by atoms with Crippen LogP contribution in [0.2, 0.25) is 0 Å². The number of anilines is 2. The van der Waals surface area contributed by atoms with Gasteiger partial charge in [-0.2, -0.15) is 0 Å². The lowest BCUT2D eigenvalue weighted by molar-refractivity contribution is -0.114. The van der Waals surface area contributed by atoms with Crippen LogP contribution in [0.3, 0.4) is 0 Å². The molecule has 0 radical (unpaired) electrons. The van der Waals surface area contributed by atoms with Gasteiger partial charge in [0.25, 0.3) is 5.91 Å². The van der Waals surface area contributed by atoms with E-state index in [1.807, 2.05) is 6.92 Å². The van der Waals surface area contributed by atoms with Gasteiger partial charge < -0.3 is 15.4 Å². The molecule has 0 aromatic heterocycles. The van der Waals surface area contributed by atoms with Crippen LogP contribution < -0.4 is 15.4 Å². The van der Waals surface area contributed by atoms with E-state index in [9.17, 15) is 9.59 Å². The van der Waals surface area contributed by atoms with Crippen molar-refractivity contribution in [1.82, 2.24) is 0 Å². The molecule has 2 N–H and O–H groups in total. The average Bonchev–Trinajstić information content (AvgIpc) is 2.49. The predicted octanol–water partition coefficient (Wildman–Crippen LogP) is 3.30. The second kappa shape index (κ2) is 7.26. The minimum atomic E-state index is -0.239. The molecule has 2 rings (SSSR count). The fourth-order valence-electron chi connectivity index (χ4n) is 1.95. The second-order valence-electron chi connectivity index (χ2n) is 4.67. The lowest BCUT2D eigenvalue weighted by Crippen LogP contribution is -2.13. The van der Waals surface area contributed by atoms with Crippen LogP contribution in [-0.4, -0.2) is 18.4 Å². The molecule has 0 aliphatic carbocycles. The molecule has 0 saturated carbocycles. The van der Waals surface area contributed by atoms with E-state index in [4.69, 9.17) is 4.74 Å². The van der Waals surface area contributed by atoms with Crippen LogP contribution in [0.15, 0.2) is 48.5 Å². The van der Waals surface area contributed by atoms with E-state index in [1.165, 1.54) is 6.92 Å². The third-order valence-electron chi connectivity index (χ3n) is 2.87. The summed E-state index contributed by atoms with van der Waals surface area (Å²) in [7, 11) is 0. The molecule has 0 heterocycles. The zero-order valence-corrected chi connectivity index (χ0v) is 12.6. The number of rotatable bonds is 5. The Morgan fingerprint density at radius 2 is 1.73 bits per heavy atom. The van der Waals surface area contributed by atoms with Crippen molar-refractivity contribution in [3.05, 3.63) is 54.1 Å². The fourth-order valence-corrected chi connectivity index (χ4v) is 1.95. The maximum atomic E-state index is 12.2. The molecule has 2 aromatic rings. The first-order valence-corrected chi connectivity index (χ1v) is 7.00. The first-order valence-electron chi connectivity index (χ1n) is 7.00. The Labute approximate surface area is 129 Å². The highest BCUT2D eigenvalue weighted by Gasteiger charge is 2.07. The number of amides is 2. The van der Waals surface area contributed by atoms with Gasteiger partial charge in [0.15, 0.2) is 0 Å². The van der Waals surface area contributed by atoms with Gasteiger partial charge in [0.2, 0.25) is 5.91 Å². The Hall–Kier alpha value is -2.82. The molecule has 0 spiro atoms. The van der Waals surface area contributed by atoms with Crippen LogP contribution in [-0.2, 0) is 4.79 Å². The first-order chi connectivity index (χ1) is 10.6. The van der Waals surface area contributed by atoms with Gasteiger partial charge in [-0.05, 0) is 49.4 Å². The van der Waals surface area contributed by atoms with Crippen molar-refractivity contribution >= 4 is 23.2 Å². The van der Waals surface area contributed by atoms with Crippen LogP contribution in [0.25, 0.3) is 0 Å². The molecule has 0 aliphatic rings. The first kappa shape index (κ1) is 15.6. The second-order valence-corrected chi connectivity index (χ2v) is 4.67. The molecule has 0 aliphatic heterocycles. The van der Waals surface area contributed by atoms with Crippen LogP contribution in [0, 0.1) is 0 Å². The zero-order valence-electron chi connectivity index (χ0n) is 12.6. The Morgan fingerprint density at radius 1 is 1.00 bits per heavy atom. The van der Waals surface area contributed by atoms with Gasteiger partial charge in [-0.3, -0.25) is 9.59 Å². The van der Waals surface area contributed by atoms with E-state index in [1.54, 1.807) is 48.5 Å². The average molecular weight is 298 g/mol. The third-order valence-corrected chi connectivity index (χ3v) is 2.87. The van der Waals surface area contributed by atoms with E-state index < -0.39 is 0 Å². The van der Waals surface area contributed by atoms with E-state index in [0.29, 0.717) is 23.5 Å². The highest BCUT2D eigenvalue weighted by atomic mass is 16.5. The van der Waals surface area contributed by atoms with E-state index in [2.05, 4.69) is 10.6 Å². The van der Waals surface area contributed by atoms with Crippen LogP contribution in [0.5, 0.6) is 5.75 Å². The van der Waals surface area contributed by atoms with Crippen LogP contribution >= 0.6 is 0 Å². The molecule has 0 atom stereocenters. The largest absolute Gasteiger partial charge is 0.494 e. The molecule has 0 saturated heterocycles. The maximum absolute atomic E-state index is 12.2. The topological polar surface area (TPSA) is 67.4 Å². The van der Waals surface area contributed by atoms with Crippen molar-refractivity contribution in [3.8, 4) is 5.75 Å². The summed E-state index contributed by atoms with van der Waals surface area (Å²) in [6, 6.07) is 13.9. The van der Waals surface area contributed by atoms with Crippen molar-refractivity contribution in [3.63, 3.8) is 0 Å². The van der Waals surface area contributed by atoms with Crippen LogP contribution in [0.1, 0.15) is 24.2 Å². The molecule has 5 nitrogen and oxygen atoms in total. The van der Waals surface area contributed by atoms with Gasteiger partial charge in [0.05, 0.1) is 6.61 Å². The number of carbonyl (C=O) groups is 2. The smallest absolute Gasteiger partial charge is 0.255 e. The zero-order chi connectivity index (χ0) is 15.9. The number of benzene rings is 2. The van der Waals surface area contributed by atoms with Gasteiger partial charge in [-0.15, -0.1) is 0 Å². The van der Waals surface area contributed by atoms with E-state index in [-0.39, 0.29) is 11.8 Å². The lowest BCUT2D eigenvalue weighted by atomic mass is 10.2. The summed E-state index contributed by atoms with van der Waals surface area (Å²) in [5, 5.41) is 5.45. The summed E-state index contributed by atoms with van der Waals surface area (Å²) < 4.78 is 5.35. The lowest BCUT2D eigenvalue weighted by Gasteiger charge is -2.08. The normalized spacial score (nSPS) is 9.91. The molecular formula is C17H18N2O3. The summed E-state index contributed by atoms with van der Waals surface area (Å²) >= 11 is 0. The minimum Gasteiger partial charge on any atom is -0.494 e. The maximum Gasteiger partial charge on any atom is 0.255 e. The Kier molecular flexibility index (Phi) is 5.14. The number of carbonyl (C=O) groups excluding carboxylic acids is 2. The Balaban J connectivity index is 2.06. The summed E-state index contributed by atoms with van der Waals surface area (Å²) in [6.07, 6.45) is 0. The van der Waals surface area contributed by atoms with Gasteiger partial charge in [0.1, 0.15) is 5.75 Å². The van der Waals surface area contributed by atoms with Gasteiger partial charge in [0, 0.05) is 23.9 Å². The number of hydrogen-bond donors (Lipinski definition) is 2. The SMILES string of the molecule is CCOc1ccc(NC(=O)c2cccc(NC(C)=O)c2)cc1. The number of ether oxygens (including phenoxy) is 1. The van der Waals surface area contributed by atoms with Gasteiger partial charge in [-0.25, -0.2) is 0 Å². The van der Waals surface area contributed by atoms with Crippen molar-refractivity contribution in [1.29, 1.82) is 0 Å². The number of hydrogen-bond acceptors (Lipinski definition) is 3. The number of nitrogens with one attached hydrogen (secondary N) is 2. The highest BCUT2D eigenvalue weighted by Crippen LogP contribution is 2.17. The Morgan fingerprint density at radius 3 is 2.36 bits per heavy atom. The summed E-state index contributed by atoms with van der Waals surface area (Å²) in [6.45, 7) is 3.94. The highest BCUT2D eigenvalue weighted by molar-refractivity contribution is 6.05. The molecule has 114 valence electrons. The van der Waals surface area contributed by atoms with E-state index in [0.717, 1.165) is 5.75 Å². The van der Waals surface area contributed by atoms with E-state index >= 15 is 0 Å². The molecule has 0 fully saturated rings. The molecule has 5 heteroatoms. The monoisotopic (exact) mass is 298 g/mol. The van der Waals surface area contributed by atoms with Crippen LogP contribution in [0.4, 0.5) is 11.4 Å². The summed E-state index contributed by atoms with van der Waals surface area (Å²) in [5.74, 6) is 0.341. The molecule has 0 unspecified atom stereocenters. The summed E-state index contributed by atoms with van der Waals surface area (Å²) in [5.41, 5.74) is 1.74. The van der Waals surface area contributed by atoms with Crippen molar-refractivity contribution in [2.75, 3.05) is 17.2 Å². The van der Waals surface area contributed by atoms with Crippen molar-refractivity contribution in [2.45, 2.75) is 13.8 Å². The molecule has 2 aromatic carbocycles. The Bertz CT molecular complexity index is 666. The third kappa shape index (κ3) is 4.34. The molecular weight excluding hydrogens is 280 g/mol. The fraction of sp³-hybridized carbons (Fsp3) is 0.176. The minimum absolute atomic E-state index is 0.177. The van der Waals surface area contributed by atoms with Crippen molar-refractivity contribution in [2.24, 2.45) is 0 Å². The van der Waals surface area contributed by atoms with Gasteiger partial charge >= 0.3 is 0 Å². The van der Waals surface area contributed by atoms with Crippen molar-refractivity contribution < 1.29 is 14.3 Å². The predicted molar refractivity (Wildman–Crippen MR) is 86.3 cm³/mol. The summed E-state index contributed by atoms with van der Waals surface area (Å²) in [4.78, 5) is 23.3. The molecule has 0 bridgehead atoms. The molecule has 2 amide bonds. The molecule has 22 heavy (non-hydrogen) atoms. The van der Waals surface area contributed by atoms with Gasteiger partial charge in [-0.1, -0.05) is 6.07 Å². The standard InChI is InChI=1S/C17H18N2O3/c1-3-22-16-9-7-14(8-10-16)19-17(21)13-5-4-6-15(11-13)18-12(2)20/h4-11H,3H2,1-2H3,(H,18,20)(H,19,21). The quantitative estimate of drug-likeness (QED) is 0.890.